The van der Waals surface area contributed by atoms with Crippen LogP contribution in [0.4, 0.5) is 5.69 Å². The van der Waals surface area contributed by atoms with Gasteiger partial charge in [0, 0.05) is 5.69 Å². The number of amides is 1. The molecule has 152 valence electrons. The molecule has 2 aromatic carbocycles. The SMILES string of the molecule is COc1cccc(C2C(C(=O)c3cccs3)=C(O)C(=O)N2c2ccc(C)c(C)c2)c1. The van der Waals surface area contributed by atoms with Gasteiger partial charge in [-0.1, -0.05) is 24.3 Å². The van der Waals surface area contributed by atoms with E-state index in [0.717, 1.165) is 11.1 Å². The lowest BCUT2D eigenvalue weighted by Crippen LogP contribution is -2.31. The second-order valence-corrected chi connectivity index (χ2v) is 8.14. The molecule has 0 radical (unpaired) electrons. The first-order valence-corrected chi connectivity index (χ1v) is 10.4. The number of rotatable bonds is 5. The molecule has 1 unspecified atom stereocenters. The predicted octanol–water partition coefficient (Wildman–Crippen LogP) is 5.16. The van der Waals surface area contributed by atoms with Crippen LogP contribution in [0.3, 0.4) is 0 Å². The normalized spacial score (nSPS) is 16.3. The number of carbonyl (C=O) groups is 2. The van der Waals surface area contributed by atoms with Crippen LogP contribution in [-0.2, 0) is 4.79 Å². The third-order valence-corrected chi connectivity index (χ3v) is 6.24. The van der Waals surface area contributed by atoms with Gasteiger partial charge in [-0.05, 0) is 66.2 Å². The van der Waals surface area contributed by atoms with Crippen LogP contribution in [0.25, 0.3) is 0 Å². The lowest BCUT2D eigenvalue weighted by molar-refractivity contribution is -0.117. The van der Waals surface area contributed by atoms with E-state index < -0.39 is 17.7 Å². The van der Waals surface area contributed by atoms with E-state index in [9.17, 15) is 14.7 Å². The average Bonchev–Trinajstić information content (AvgIpc) is 3.37. The van der Waals surface area contributed by atoms with Gasteiger partial charge in [-0.3, -0.25) is 14.5 Å². The number of benzene rings is 2. The zero-order chi connectivity index (χ0) is 21.4. The van der Waals surface area contributed by atoms with Crippen LogP contribution in [0.2, 0.25) is 0 Å². The number of hydrogen-bond acceptors (Lipinski definition) is 5. The van der Waals surface area contributed by atoms with Crippen LogP contribution >= 0.6 is 11.3 Å². The number of Topliss-reactive ketones (excluding diaryl/α,β-unsaturated/α-hetero) is 1. The number of aliphatic hydroxyl groups excluding tert-OH is 1. The van der Waals surface area contributed by atoms with Crippen molar-refractivity contribution in [1.82, 2.24) is 0 Å². The Kier molecular flexibility index (Phi) is 5.18. The molecular weight excluding hydrogens is 398 g/mol. The van der Waals surface area contributed by atoms with E-state index >= 15 is 0 Å². The van der Waals surface area contributed by atoms with E-state index in [2.05, 4.69) is 0 Å². The van der Waals surface area contributed by atoms with Gasteiger partial charge in [-0.25, -0.2) is 0 Å². The van der Waals surface area contributed by atoms with Crippen LogP contribution in [-0.4, -0.2) is 23.9 Å². The van der Waals surface area contributed by atoms with Gasteiger partial charge in [-0.15, -0.1) is 11.3 Å². The minimum Gasteiger partial charge on any atom is -0.503 e. The third-order valence-electron chi connectivity index (χ3n) is 5.38. The Morgan fingerprint density at radius 1 is 1.07 bits per heavy atom. The Bertz CT molecular complexity index is 1160. The molecule has 1 atom stereocenters. The van der Waals surface area contributed by atoms with E-state index in [4.69, 9.17) is 4.74 Å². The number of carbonyl (C=O) groups excluding carboxylic acids is 2. The second-order valence-electron chi connectivity index (χ2n) is 7.19. The van der Waals surface area contributed by atoms with Crippen molar-refractivity contribution in [2.75, 3.05) is 12.0 Å². The van der Waals surface area contributed by atoms with Gasteiger partial charge in [0.25, 0.3) is 5.91 Å². The van der Waals surface area contributed by atoms with Crippen molar-refractivity contribution >= 4 is 28.7 Å². The first-order chi connectivity index (χ1) is 14.4. The quantitative estimate of drug-likeness (QED) is 0.581. The fourth-order valence-electron chi connectivity index (χ4n) is 3.65. The molecule has 2 heterocycles. The number of nitrogens with zero attached hydrogens (tertiary/aromatic N) is 1. The van der Waals surface area contributed by atoms with Gasteiger partial charge in [0.05, 0.1) is 23.6 Å². The number of hydrogen-bond donors (Lipinski definition) is 1. The Hall–Kier alpha value is -3.38. The molecule has 1 aliphatic heterocycles. The molecule has 6 heteroatoms. The molecule has 0 fully saturated rings. The fraction of sp³-hybridized carbons (Fsp3) is 0.167. The number of thiophene rings is 1. The molecule has 5 nitrogen and oxygen atoms in total. The highest BCUT2D eigenvalue weighted by Crippen LogP contribution is 2.43. The van der Waals surface area contributed by atoms with Crippen LogP contribution in [0.15, 0.2) is 71.3 Å². The van der Waals surface area contributed by atoms with Crippen LogP contribution < -0.4 is 9.64 Å². The molecule has 0 spiro atoms. The number of methoxy groups -OCH3 is 1. The summed E-state index contributed by atoms with van der Waals surface area (Å²) in [4.78, 5) is 28.4. The van der Waals surface area contributed by atoms with Gasteiger partial charge < -0.3 is 9.84 Å². The Morgan fingerprint density at radius 3 is 2.53 bits per heavy atom. The Balaban J connectivity index is 1.90. The average molecular weight is 420 g/mol. The van der Waals surface area contributed by atoms with Crippen molar-refractivity contribution in [3.63, 3.8) is 0 Å². The summed E-state index contributed by atoms with van der Waals surface area (Å²) < 4.78 is 5.35. The molecule has 0 saturated heterocycles. The lowest BCUT2D eigenvalue weighted by atomic mass is 9.94. The van der Waals surface area contributed by atoms with Crippen molar-refractivity contribution in [3.05, 3.63) is 92.9 Å². The molecule has 30 heavy (non-hydrogen) atoms. The lowest BCUT2D eigenvalue weighted by Gasteiger charge is -2.27. The highest BCUT2D eigenvalue weighted by Gasteiger charge is 2.45. The second kappa shape index (κ2) is 7.80. The number of ketones is 1. The fourth-order valence-corrected chi connectivity index (χ4v) is 4.32. The third kappa shape index (κ3) is 3.29. The molecule has 4 rings (SSSR count). The van der Waals surface area contributed by atoms with Gasteiger partial charge in [-0.2, -0.15) is 0 Å². The first-order valence-electron chi connectivity index (χ1n) is 9.48. The number of aryl methyl sites for hydroxylation is 2. The van der Waals surface area contributed by atoms with Crippen LogP contribution in [0.1, 0.15) is 32.4 Å². The summed E-state index contributed by atoms with van der Waals surface area (Å²) in [6, 6.07) is 15.6. The molecule has 1 N–H and O–H groups in total. The van der Waals surface area contributed by atoms with Crippen molar-refractivity contribution < 1.29 is 19.4 Å². The van der Waals surface area contributed by atoms with E-state index in [1.807, 2.05) is 38.1 Å². The summed E-state index contributed by atoms with van der Waals surface area (Å²) in [5.41, 5.74) is 3.49. The molecule has 0 aliphatic carbocycles. The largest absolute Gasteiger partial charge is 0.503 e. The van der Waals surface area contributed by atoms with Crippen molar-refractivity contribution in [2.45, 2.75) is 19.9 Å². The maximum absolute atomic E-state index is 13.3. The molecule has 3 aromatic rings. The molecule has 1 amide bonds. The molecule has 1 aliphatic rings. The topological polar surface area (TPSA) is 66.8 Å². The summed E-state index contributed by atoms with van der Waals surface area (Å²) >= 11 is 1.28. The minimum atomic E-state index is -0.760. The minimum absolute atomic E-state index is 0.0777. The van der Waals surface area contributed by atoms with Gasteiger partial charge in [0.1, 0.15) is 5.75 Å². The Morgan fingerprint density at radius 2 is 1.87 bits per heavy atom. The van der Waals surface area contributed by atoms with Crippen LogP contribution in [0, 0.1) is 13.8 Å². The zero-order valence-corrected chi connectivity index (χ0v) is 17.7. The van der Waals surface area contributed by atoms with E-state index in [1.165, 1.54) is 16.2 Å². The monoisotopic (exact) mass is 419 g/mol. The van der Waals surface area contributed by atoms with Gasteiger partial charge >= 0.3 is 0 Å². The zero-order valence-electron chi connectivity index (χ0n) is 16.9. The van der Waals surface area contributed by atoms with Gasteiger partial charge in [0.2, 0.25) is 5.78 Å². The number of ether oxygens (including phenoxy) is 1. The smallest absolute Gasteiger partial charge is 0.294 e. The number of anilines is 1. The summed E-state index contributed by atoms with van der Waals surface area (Å²) in [7, 11) is 1.56. The maximum Gasteiger partial charge on any atom is 0.294 e. The van der Waals surface area contributed by atoms with Crippen molar-refractivity contribution in [2.24, 2.45) is 0 Å². The Labute approximate surface area is 178 Å². The number of aliphatic hydroxyl groups is 1. The highest BCUT2D eigenvalue weighted by atomic mass is 32.1. The molecule has 0 bridgehead atoms. The first kappa shape index (κ1) is 19.9. The maximum atomic E-state index is 13.3. The van der Waals surface area contributed by atoms with E-state index in [0.29, 0.717) is 21.9 Å². The highest BCUT2D eigenvalue weighted by molar-refractivity contribution is 7.12. The molecule has 0 saturated carbocycles. The standard InChI is InChI=1S/C24H21NO4S/c1-14-9-10-17(12-15(14)2)25-21(16-6-4-7-18(13-16)29-3)20(23(27)24(25)28)22(26)19-8-5-11-30-19/h4-13,21,27H,1-3H3. The molecule has 1 aromatic heterocycles. The molecular formula is C24H21NO4S. The van der Waals surface area contributed by atoms with E-state index in [-0.39, 0.29) is 11.4 Å². The summed E-state index contributed by atoms with van der Waals surface area (Å²) in [6.45, 7) is 3.96. The summed E-state index contributed by atoms with van der Waals surface area (Å²) in [5.74, 6) is -0.852. The van der Waals surface area contributed by atoms with E-state index in [1.54, 1.807) is 42.8 Å². The van der Waals surface area contributed by atoms with Crippen molar-refractivity contribution in [3.8, 4) is 5.75 Å². The van der Waals surface area contributed by atoms with Gasteiger partial charge in [0.15, 0.2) is 5.76 Å². The van der Waals surface area contributed by atoms with Crippen LogP contribution in [0.5, 0.6) is 5.75 Å². The summed E-state index contributed by atoms with van der Waals surface area (Å²) in [5, 5.41) is 12.6. The predicted molar refractivity (Wildman–Crippen MR) is 117 cm³/mol. The summed E-state index contributed by atoms with van der Waals surface area (Å²) in [6.07, 6.45) is 0. The van der Waals surface area contributed by atoms with Crippen molar-refractivity contribution in [1.29, 1.82) is 0 Å².